The Hall–Kier alpha value is -1.45. The second-order valence-electron chi connectivity index (χ2n) is 3.10. The average molecular weight is 206 g/mol. The molecule has 4 heteroatoms. The summed E-state index contributed by atoms with van der Waals surface area (Å²) in [6, 6.07) is 5.46. The van der Waals surface area contributed by atoms with E-state index >= 15 is 0 Å². The monoisotopic (exact) mass is 206 g/mol. The Labute approximate surface area is 90.8 Å². The van der Waals surface area contributed by atoms with Crippen LogP contribution in [0.5, 0.6) is 5.75 Å². The van der Waals surface area contributed by atoms with Gasteiger partial charge in [0.25, 0.3) is 0 Å². The molecule has 0 heterocycles. The second kappa shape index (κ2) is 5.44. The number of carbonyl (C=O) groups excluding carboxylic acids is 1. The third kappa shape index (κ3) is 2.75. The molecule has 0 unspecified atom stereocenters. The van der Waals surface area contributed by atoms with Crippen LogP contribution >= 0.6 is 0 Å². The predicted molar refractivity (Wildman–Crippen MR) is 61.2 cm³/mol. The highest BCUT2D eigenvalue weighted by molar-refractivity contribution is 6.09. The lowest BCUT2D eigenvalue weighted by Crippen LogP contribution is -2.08. The zero-order chi connectivity index (χ0) is 11.3. The molecular formula is C11H15BO3. The van der Waals surface area contributed by atoms with E-state index in [4.69, 9.17) is 9.47 Å². The van der Waals surface area contributed by atoms with E-state index in [1.165, 1.54) is 0 Å². The molecule has 1 aromatic carbocycles. The standard InChI is InChI=1S/C11H15BO3/c1-3-15-11(13)10-6-9(14-2)5-4-8(10)7-12/h4-6H,3,7,12H2,1-2H3. The number of hydrogen-bond donors (Lipinski definition) is 0. The number of esters is 1. The summed E-state index contributed by atoms with van der Waals surface area (Å²) >= 11 is 0. The number of hydrogen-bond acceptors (Lipinski definition) is 3. The topological polar surface area (TPSA) is 35.5 Å². The van der Waals surface area contributed by atoms with Crippen LogP contribution in [-0.4, -0.2) is 27.5 Å². The molecule has 0 aliphatic heterocycles. The minimum absolute atomic E-state index is 0.284. The van der Waals surface area contributed by atoms with Gasteiger partial charge in [0.2, 0.25) is 0 Å². The molecule has 0 aliphatic carbocycles. The molecule has 80 valence electrons. The van der Waals surface area contributed by atoms with E-state index in [0.29, 0.717) is 17.9 Å². The molecule has 0 radical (unpaired) electrons. The SMILES string of the molecule is BCc1ccc(OC)cc1C(=O)OCC. The third-order valence-corrected chi connectivity index (χ3v) is 2.19. The summed E-state index contributed by atoms with van der Waals surface area (Å²) in [5, 5.41) is 0. The fourth-order valence-corrected chi connectivity index (χ4v) is 1.39. The molecule has 0 fully saturated rings. The summed E-state index contributed by atoms with van der Waals surface area (Å²) in [5.74, 6) is 0.392. The Kier molecular flexibility index (Phi) is 4.22. The van der Waals surface area contributed by atoms with Gasteiger partial charge in [-0.1, -0.05) is 12.4 Å². The summed E-state index contributed by atoms with van der Waals surface area (Å²) in [6.07, 6.45) is 0.804. The molecule has 0 bridgehead atoms. The molecule has 0 amide bonds. The van der Waals surface area contributed by atoms with Crippen LogP contribution in [0.15, 0.2) is 18.2 Å². The van der Waals surface area contributed by atoms with Crippen molar-refractivity contribution >= 4 is 13.8 Å². The second-order valence-corrected chi connectivity index (χ2v) is 3.10. The van der Waals surface area contributed by atoms with Gasteiger partial charge < -0.3 is 9.47 Å². The number of ether oxygens (including phenoxy) is 2. The Morgan fingerprint density at radius 1 is 1.47 bits per heavy atom. The Bertz CT molecular complexity index is 350. The van der Waals surface area contributed by atoms with E-state index in [9.17, 15) is 4.79 Å². The van der Waals surface area contributed by atoms with Crippen LogP contribution in [0.3, 0.4) is 0 Å². The van der Waals surface area contributed by atoms with E-state index in [-0.39, 0.29) is 5.97 Å². The lowest BCUT2D eigenvalue weighted by Gasteiger charge is -2.09. The van der Waals surface area contributed by atoms with E-state index in [2.05, 4.69) is 0 Å². The fraction of sp³-hybridized carbons (Fsp3) is 0.364. The maximum absolute atomic E-state index is 11.6. The quantitative estimate of drug-likeness (QED) is 0.544. The summed E-state index contributed by atoms with van der Waals surface area (Å²) < 4.78 is 10.1. The summed E-state index contributed by atoms with van der Waals surface area (Å²) in [6.45, 7) is 2.18. The van der Waals surface area contributed by atoms with Gasteiger partial charge in [-0.05, 0) is 24.6 Å². The van der Waals surface area contributed by atoms with Crippen LogP contribution in [0, 0.1) is 0 Å². The molecule has 0 saturated carbocycles. The van der Waals surface area contributed by atoms with Crippen LogP contribution in [-0.2, 0) is 11.1 Å². The molecule has 1 rings (SSSR count). The maximum Gasteiger partial charge on any atom is 0.338 e. The molecule has 0 saturated heterocycles. The van der Waals surface area contributed by atoms with Gasteiger partial charge in [-0.25, -0.2) is 4.79 Å². The molecule has 3 nitrogen and oxygen atoms in total. The average Bonchev–Trinajstić information content (AvgIpc) is 2.28. The molecule has 0 atom stereocenters. The van der Waals surface area contributed by atoms with Crippen LogP contribution in [0.4, 0.5) is 0 Å². The minimum atomic E-state index is -0.284. The number of carbonyl (C=O) groups is 1. The van der Waals surface area contributed by atoms with Gasteiger partial charge in [0.15, 0.2) is 0 Å². The molecule has 0 aliphatic rings. The van der Waals surface area contributed by atoms with Gasteiger partial charge in [-0.3, -0.25) is 0 Å². The number of rotatable bonds is 4. The van der Waals surface area contributed by atoms with E-state index < -0.39 is 0 Å². The molecule has 0 spiro atoms. The molecule has 0 N–H and O–H groups in total. The smallest absolute Gasteiger partial charge is 0.338 e. The fourth-order valence-electron chi connectivity index (χ4n) is 1.39. The van der Waals surface area contributed by atoms with Crippen molar-refractivity contribution < 1.29 is 14.3 Å². The van der Waals surface area contributed by atoms with Crippen molar-refractivity contribution in [3.05, 3.63) is 29.3 Å². The number of benzene rings is 1. The van der Waals surface area contributed by atoms with Crippen molar-refractivity contribution in [3.63, 3.8) is 0 Å². The van der Waals surface area contributed by atoms with Crippen LogP contribution in [0.25, 0.3) is 0 Å². The van der Waals surface area contributed by atoms with Gasteiger partial charge in [0, 0.05) is 0 Å². The third-order valence-electron chi connectivity index (χ3n) is 2.19. The first-order valence-corrected chi connectivity index (χ1v) is 5.07. The molecule has 0 aromatic heterocycles. The van der Waals surface area contributed by atoms with Gasteiger partial charge in [0.1, 0.15) is 13.6 Å². The normalized spacial score (nSPS) is 9.73. The lowest BCUT2D eigenvalue weighted by molar-refractivity contribution is 0.0525. The highest BCUT2D eigenvalue weighted by Crippen LogP contribution is 2.18. The van der Waals surface area contributed by atoms with Crippen molar-refractivity contribution in [2.45, 2.75) is 13.2 Å². The maximum atomic E-state index is 11.6. The molecule has 15 heavy (non-hydrogen) atoms. The van der Waals surface area contributed by atoms with Gasteiger partial charge in [-0.2, -0.15) is 0 Å². The van der Waals surface area contributed by atoms with E-state index in [1.807, 2.05) is 20.0 Å². The van der Waals surface area contributed by atoms with Crippen molar-refractivity contribution in [2.75, 3.05) is 13.7 Å². The van der Waals surface area contributed by atoms with Crippen LogP contribution < -0.4 is 4.74 Å². The first kappa shape index (κ1) is 11.6. The minimum Gasteiger partial charge on any atom is -0.497 e. The highest BCUT2D eigenvalue weighted by Gasteiger charge is 2.12. The summed E-state index contributed by atoms with van der Waals surface area (Å²) in [5.41, 5.74) is 1.58. The highest BCUT2D eigenvalue weighted by atomic mass is 16.5. The van der Waals surface area contributed by atoms with Crippen molar-refractivity contribution in [1.82, 2.24) is 0 Å². The van der Waals surface area contributed by atoms with Crippen molar-refractivity contribution in [1.29, 1.82) is 0 Å². The first-order chi connectivity index (χ1) is 7.22. The lowest BCUT2D eigenvalue weighted by atomic mass is 9.93. The Morgan fingerprint density at radius 3 is 2.73 bits per heavy atom. The molecule has 1 aromatic rings. The number of methoxy groups -OCH3 is 1. The summed E-state index contributed by atoms with van der Waals surface area (Å²) in [7, 11) is 3.58. The Morgan fingerprint density at radius 2 is 2.20 bits per heavy atom. The molecular weight excluding hydrogens is 191 g/mol. The van der Waals surface area contributed by atoms with Gasteiger partial charge in [-0.15, -0.1) is 0 Å². The summed E-state index contributed by atoms with van der Waals surface area (Å²) in [4.78, 5) is 11.6. The van der Waals surface area contributed by atoms with Crippen molar-refractivity contribution in [2.24, 2.45) is 0 Å². The van der Waals surface area contributed by atoms with E-state index in [1.54, 1.807) is 20.1 Å². The first-order valence-electron chi connectivity index (χ1n) is 5.07. The van der Waals surface area contributed by atoms with Crippen LogP contribution in [0.2, 0.25) is 0 Å². The predicted octanol–water partition coefficient (Wildman–Crippen LogP) is 1.00. The van der Waals surface area contributed by atoms with Gasteiger partial charge >= 0.3 is 5.97 Å². The van der Waals surface area contributed by atoms with E-state index in [0.717, 1.165) is 11.9 Å². The zero-order valence-corrected chi connectivity index (χ0v) is 9.37. The van der Waals surface area contributed by atoms with Crippen molar-refractivity contribution in [3.8, 4) is 5.75 Å². The van der Waals surface area contributed by atoms with Crippen LogP contribution in [0.1, 0.15) is 22.8 Å². The Balaban J connectivity index is 3.05. The largest absolute Gasteiger partial charge is 0.497 e. The zero-order valence-electron chi connectivity index (χ0n) is 9.37. The van der Waals surface area contributed by atoms with Gasteiger partial charge in [0.05, 0.1) is 19.3 Å².